The first-order chi connectivity index (χ1) is 11.4. The van der Waals surface area contributed by atoms with Gasteiger partial charge in [-0.25, -0.2) is 0 Å². The molecule has 0 unspecified atom stereocenters. The second kappa shape index (κ2) is 7.20. The highest BCUT2D eigenvalue weighted by molar-refractivity contribution is 6.42. The Labute approximate surface area is 152 Å². The Kier molecular flexibility index (Phi) is 5.40. The Morgan fingerprint density at radius 1 is 1.29 bits per heavy atom. The monoisotopic (exact) mass is 371 g/mol. The van der Waals surface area contributed by atoms with Crippen LogP contribution in [0, 0.1) is 11.8 Å². The van der Waals surface area contributed by atoms with E-state index in [1.807, 2.05) is 6.92 Å². The standard InChI is InChI=1S/C18H23Cl2NO3/c1-12-11-21(17(22)13-2-3-15(19)16(20)10-13)7-6-18(12,23)14-4-8-24-9-5-14/h2-3,10,12,14,23H,4-9,11H2,1H3/t12-,18+/m1/s1. The summed E-state index contributed by atoms with van der Waals surface area (Å²) in [5.41, 5.74) is -0.175. The van der Waals surface area contributed by atoms with Crippen molar-refractivity contribution in [1.82, 2.24) is 4.90 Å². The van der Waals surface area contributed by atoms with Crippen LogP contribution in [0.2, 0.25) is 10.0 Å². The van der Waals surface area contributed by atoms with E-state index in [1.165, 1.54) is 0 Å². The first kappa shape index (κ1) is 18.0. The Hall–Kier alpha value is -0.810. The zero-order valence-electron chi connectivity index (χ0n) is 13.8. The Morgan fingerprint density at radius 3 is 2.62 bits per heavy atom. The molecule has 1 aromatic rings. The van der Waals surface area contributed by atoms with E-state index in [1.54, 1.807) is 23.1 Å². The molecule has 6 heteroatoms. The number of hydrogen-bond acceptors (Lipinski definition) is 3. The number of aliphatic hydroxyl groups is 1. The Bertz CT molecular complexity index is 618. The number of nitrogens with zero attached hydrogens (tertiary/aromatic N) is 1. The van der Waals surface area contributed by atoms with Crippen LogP contribution in [0.1, 0.15) is 36.5 Å². The number of ether oxygens (including phenoxy) is 1. The van der Waals surface area contributed by atoms with Crippen LogP contribution in [-0.2, 0) is 4.74 Å². The number of carbonyl (C=O) groups excluding carboxylic acids is 1. The molecule has 4 nitrogen and oxygen atoms in total. The van der Waals surface area contributed by atoms with Crippen LogP contribution in [0.15, 0.2) is 18.2 Å². The average molecular weight is 372 g/mol. The fraction of sp³-hybridized carbons (Fsp3) is 0.611. The summed E-state index contributed by atoms with van der Waals surface area (Å²) in [6.07, 6.45) is 2.38. The maximum Gasteiger partial charge on any atom is 0.253 e. The molecule has 24 heavy (non-hydrogen) atoms. The fourth-order valence-electron chi connectivity index (χ4n) is 3.94. The zero-order chi connectivity index (χ0) is 17.3. The summed E-state index contributed by atoms with van der Waals surface area (Å²) >= 11 is 11.9. The molecule has 0 bridgehead atoms. The van der Waals surface area contributed by atoms with Gasteiger partial charge in [-0.1, -0.05) is 30.1 Å². The van der Waals surface area contributed by atoms with Crippen LogP contribution in [0.25, 0.3) is 0 Å². The molecule has 2 aliphatic rings. The minimum absolute atomic E-state index is 0.0288. The molecule has 2 atom stereocenters. The number of likely N-dealkylation sites (tertiary alicyclic amines) is 1. The molecule has 2 aliphatic heterocycles. The number of halogens is 2. The van der Waals surface area contributed by atoms with Gasteiger partial charge in [0.15, 0.2) is 0 Å². The van der Waals surface area contributed by atoms with Crippen molar-refractivity contribution in [3.63, 3.8) is 0 Å². The largest absolute Gasteiger partial charge is 0.389 e. The number of benzene rings is 1. The van der Waals surface area contributed by atoms with Gasteiger partial charge in [-0.05, 0) is 43.4 Å². The quantitative estimate of drug-likeness (QED) is 0.863. The molecular formula is C18H23Cl2NO3. The van der Waals surface area contributed by atoms with E-state index in [0.29, 0.717) is 48.3 Å². The highest BCUT2D eigenvalue weighted by Gasteiger charge is 2.46. The van der Waals surface area contributed by atoms with Gasteiger partial charge in [0.2, 0.25) is 0 Å². The molecule has 2 heterocycles. The number of hydrogen-bond donors (Lipinski definition) is 1. The molecule has 2 fully saturated rings. The van der Waals surface area contributed by atoms with Crippen molar-refractivity contribution in [1.29, 1.82) is 0 Å². The third-order valence-corrected chi connectivity index (χ3v) is 6.25. The second-order valence-corrected chi connectivity index (χ2v) is 7.72. The molecule has 3 rings (SSSR count). The van der Waals surface area contributed by atoms with Gasteiger partial charge in [-0.2, -0.15) is 0 Å². The van der Waals surface area contributed by atoms with Crippen LogP contribution >= 0.6 is 23.2 Å². The van der Waals surface area contributed by atoms with Gasteiger partial charge < -0.3 is 14.7 Å². The fourth-order valence-corrected chi connectivity index (χ4v) is 4.24. The third kappa shape index (κ3) is 3.43. The van der Waals surface area contributed by atoms with E-state index >= 15 is 0 Å². The molecule has 0 radical (unpaired) electrons. The van der Waals surface area contributed by atoms with E-state index < -0.39 is 5.60 Å². The Balaban J connectivity index is 1.70. The summed E-state index contributed by atoms with van der Waals surface area (Å²) in [6, 6.07) is 4.94. The number of rotatable bonds is 2. The van der Waals surface area contributed by atoms with Crippen molar-refractivity contribution in [3.05, 3.63) is 33.8 Å². The predicted molar refractivity (Wildman–Crippen MR) is 94.6 cm³/mol. The lowest BCUT2D eigenvalue weighted by molar-refractivity contribution is -0.125. The van der Waals surface area contributed by atoms with Gasteiger partial charge in [0.05, 0.1) is 15.6 Å². The topological polar surface area (TPSA) is 49.8 Å². The van der Waals surface area contributed by atoms with E-state index in [0.717, 1.165) is 12.8 Å². The summed E-state index contributed by atoms with van der Waals surface area (Å²) < 4.78 is 5.41. The van der Waals surface area contributed by atoms with Crippen molar-refractivity contribution in [2.75, 3.05) is 26.3 Å². The van der Waals surface area contributed by atoms with Crippen molar-refractivity contribution in [2.24, 2.45) is 11.8 Å². The normalized spacial score (nSPS) is 28.8. The molecule has 2 saturated heterocycles. The van der Waals surface area contributed by atoms with Gasteiger partial charge in [-0.3, -0.25) is 4.79 Å². The zero-order valence-corrected chi connectivity index (χ0v) is 15.3. The first-order valence-electron chi connectivity index (χ1n) is 8.46. The molecular weight excluding hydrogens is 349 g/mol. The molecule has 1 amide bonds. The summed E-state index contributed by atoms with van der Waals surface area (Å²) in [5, 5.41) is 12.0. The van der Waals surface area contributed by atoms with Gasteiger partial charge >= 0.3 is 0 Å². The summed E-state index contributed by atoms with van der Waals surface area (Å²) in [4.78, 5) is 14.5. The van der Waals surface area contributed by atoms with Gasteiger partial charge in [-0.15, -0.1) is 0 Å². The minimum Gasteiger partial charge on any atom is -0.389 e. The summed E-state index contributed by atoms with van der Waals surface area (Å²) in [6.45, 7) is 4.56. The van der Waals surface area contributed by atoms with E-state index in [4.69, 9.17) is 27.9 Å². The molecule has 0 spiro atoms. The van der Waals surface area contributed by atoms with E-state index in [2.05, 4.69) is 0 Å². The van der Waals surface area contributed by atoms with Crippen LogP contribution in [0.5, 0.6) is 0 Å². The van der Waals surface area contributed by atoms with Crippen molar-refractivity contribution < 1.29 is 14.6 Å². The van der Waals surface area contributed by atoms with E-state index in [-0.39, 0.29) is 17.7 Å². The van der Waals surface area contributed by atoms with Gasteiger partial charge in [0, 0.05) is 37.8 Å². The lowest BCUT2D eigenvalue weighted by Crippen LogP contribution is -2.56. The molecule has 0 aliphatic carbocycles. The van der Waals surface area contributed by atoms with Crippen molar-refractivity contribution in [2.45, 2.75) is 31.8 Å². The van der Waals surface area contributed by atoms with Gasteiger partial charge in [0.1, 0.15) is 0 Å². The highest BCUT2D eigenvalue weighted by atomic mass is 35.5. The molecule has 1 N–H and O–H groups in total. The SMILES string of the molecule is C[C@@H]1CN(C(=O)c2ccc(Cl)c(Cl)c2)CC[C@@]1(O)C1CCOCC1. The van der Waals surface area contributed by atoms with Crippen LogP contribution < -0.4 is 0 Å². The lowest BCUT2D eigenvalue weighted by atomic mass is 9.70. The maximum absolute atomic E-state index is 12.7. The third-order valence-electron chi connectivity index (χ3n) is 5.51. The summed E-state index contributed by atoms with van der Waals surface area (Å²) in [7, 11) is 0. The first-order valence-corrected chi connectivity index (χ1v) is 9.22. The van der Waals surface area contributed by atoms with Crippen molar-refractivity contribution >= 4 is 29.1 Å². The van der Waals surface area contributed by atoms with Gasteiger partial charge in [0.25, 0.3) is 5.91 Å². The smallest absolute Gasteiger partial charge is 0.253 e. The molecule has 0 saturated carbocycles. The molecule has 1 aromatic carbocycles. The predicted octanol–water partition coefficient (Wildman–Crippen LogP) is 3.63. The number of amides is 1. The molecule has 132 valence electrons. The highest BCUT2D eigenvalue weighted by Crippen LogP contribution is 2.39. The molecule has 0 aromatic heterocycles. The van der Waals surface area contributed by atoms with Crippen LogP contribution in [0.3, 0.4) is 0 Å². The lowest BCUT2D eigenvalue weighted by Gasteiger charge is -2.48. The van der Waals surface area contributed by atoms with Crippen LogP contribution in [-0.4, -0.2) is 47.8 Å². The van der Waals surface area contributed by atoms with E-state index in [9.17, 15) is 9.90 Å². The number of carbonyl (C=O) groups is 1. The second-order valence-electron chi connectivity index (χ2n) is 6.91. The number of piperidine rings is 1. The van der Waals surface area contributed by atoms with Crippen LogP contribution in [0.4, 0.5) is 0 Å². The summed E-state index contributed by atoms with van der Waals surface area (Å²) in [5.74, 6) is 0.221. The maximum atomic E-state index is 12.7. The Morgan fingerprint density at radius 2 is 2.00 bits per heavy atom. The van der Waals surface area contributed by atoms with Crippen molar-refractivity contribution in [3.8, 4) is 0 Å². The average Bonchev–Trinajstić information content (AvgIpc) is 2.60. The minimum atomic E-state index is -0.710.